The van der Waals surface area contributed by atoms with Gasteiger partial charge in [0.05, 0.1) is 0 Å². The Morgan fingerprint density at radius 1 is 1.43 bits per heavy atom. The Balaban J connectivity index is 2.73. The number of rotatable bonds is 4. The fourth-order valence-corrected chi connectivity index (χ4v) is 2.45. The summed E-state index contributed by atoms with van der Waals surface area (Å²) < 4.78 is 0. The van der Waals surface area contributed by atoms with Crippen LogP contribution in [0, 0.1) is 0 Å². The van der Waals surface area contributed by atoms with Crippen LogP contribution in [0.5, 0.6) is 0 Å². The third kappa shape index (κ3) is 2.08. The van der Waals surface area contributed by atoms with Gasteiger partial charge in [0.2, 0.25) is 0 Å². The quantitative estimate of drug-likeness (QED) is 0.754. The molecule has 1 aliphatic carbocycles. The summed E-state index contributed by atoms with van der Waals surface area (Å²) in [5.74, 6) is -0.716. The highest BCUT2D eigenvalue weighted by Gasteiger charge is 2.38. The second-order valence-electron chi connectivity index (χ2n) is 4.59. The zero-order chi connectivity index (χ0) is 10.8. The van der Waals surface area contributed by atoms with E-state index >= 15 is 0 Å². The van der Waals surface area contributed by atoms with Crippen LogP contribution in [0.2, 0.25) is 0 Å². The van der Waals surface area contributed by atoms with Crippen molar-refractivity contribution in [1.29, 1.82) is 0 Å². The first-order valence-corrected chi connectivity index (χ1v) is 5.50. The van der Waals surface area contributed by atoms with E-state index in [4.69, 9.17) is 5.11 Å². The highest BCUT2D eigenvalue weighted by Crippen LogP contribution is 2.29. The second kappa shape index (κ2) is 4.30. The molecule has 0 amide bonds. The summed E-state index contributed by atoms with van der Waals surface area (Å²) >= 11 is 0. The third-order valence-corrected chi connectivity index (χ3v) is 3.35. The number of carboxylic acid groups (broad SMARTS) is 1. The summed E-state index contributed by atoms with van der Waals surface area (Å²) in [5, 5.41) is 9.16. The maximum absolute atomic E-state index is 11.1. The van der Waals surface area contributed by atoms with E-state index in [1.54, 1.807) is 13.8 Å². The molecule has 0 heterocycles. The molecule has 1 N–H and O–H groups in total. The molecule has 82 valence electrons. The van der Waals surface area contributed by atoms with Crippen LogP contribution in [-0.4, -0.2) is 34.1 Å². The molecule has 0 atom stereocenters. The zero-order valence-electron chi connectivity index (χ0n) is 9.42. The Kier molecular flexibility index (Phi) is 3.53. The molecule has 3 nitrogen and oxygen atoms in total. The van der Waals surface area contributed by atoms with Crippen molar-refractivity contribution in [2.75, 3.05) is 6.54 Å². The maximum atomic E-state index is 11.1. The minimum Gasteiger partial charge on any atom is -0.480 e. The predicted octanol–water partition coefficient (Wildman–Crippen LogP) is 2.11. The van der Waals surface area contributed by atoms with Crippen LogP contribution >= 0.6 is 0 Å². The molecular weight excluding hydrogens is 178 g/mol. The van der Waals surface area contributed by atoms with Crippen LogP contribution in [0.15, 0.2) is 0 Å². The lowest BCUT2D eigenvalue weighted by Gasteiger charge is -2.38. The SMILES string of the molecule is CCN(C1CCCC1)C(C)(C)C(=O)O. The number of likely N-dealkylation sites (N-methyl/N-ethyl adjacent to an activating group) is 1. The Bertz CT molecular complexity index is 207. The van der Waals surface area contributed by atoms with E-state index in [9.17, 15) is 4.79 Å². The van der Waals surface area contributed by atoms with Crippen molar-refractivity contribution in [1.82, 2.24) is 4.90 Å². The first kappa shape index (κ1) is 11.5. The normalized spacial score (nSPS) is 19.1. The lowest BCUT2D eigenvalue weighted by atomic mass is 9.99. The minimum absolute atomic E-state index is 0.478. The van der Waals surface area contributed by atoms with Crippen LogP contribution in [0.25, 0.3) is 0 Å². The van der Waals surface area contributed by atoms with Crippen molar-refractivity contribution in [2.24, 2.45) is 0 Å². The molecule has 0 spiro atoms. The lowest BCUT2D eigenvalue weighted by molar-refractivity contribution is -0.150. The van der Waals surface area contributed by atoms with Gasteiger partial charge in [-0.25, -0.2) is 0 Å². The molecule has 0 unspecified atom stereocenters. The number of carboxylic acids is 1. The van der Waals surface area contributed by atoms with Crippen LogP contribution in [0.1, 0.15) is 46.5 Å². The Morgan fingerprint density at radius 3 is 2.29 bits per heavy atom. The first-order valence-electron chi connectivity index (χ1n) is 5.50. The molecule has 1 fully saturated rings. The summed E-state index contributed by atoms with van der Waals surface area (Å²) in [6, 6.07) is 0.478. The third-order valence-electron chi connectivity index (χ3n) is 3.35. The van der Waals surface area contributed by atoms with Crippen molar-refractivity contribution >= 4 is 5.97 Å². The first-order chi connectivity index (χ1) is 6.50. The molecular formula is C11H21NO2. The highest BCUT2D eigenvalue weighted by atomic mass is 16.4. The molecule has 0 bridgehead atoms. The summed E-state index contributed by atoms with van der Waals surface area (Å²) in [6.07, 6.45) is 4.81. The number of hydrogen-bond acceptors (Lipinski definition) is 2. The molecule has 0 aromatic carbocycles. The van der Waals surface area contributed by atoms with Gasteiger partial charge in [-0.1, -0.05) is 19.8 Å². The summed E-state index contributed by atoms with van der Waals surface area (Å²) in [6.45, 7) is 6.47. The Hall–Kier alpha value is -0.570. The Labute approximate surface area is 86.1 Å². The molecule has 0 radical (unpaired) electrons. The standard InChI is InChI=1S/C11H21NO2/c1-4-12(9-7-5-6-8-9)11(2,3)10(13)14/h9H,4-8H2,1-3H3,(H,13,14). The van der Waals surface area contributed by atoms with Crippen LogP contribution < -0.4 is 0 Å². The predicted molar refractivity (Wildman–Crippen MR) is 56.4 cm³/mol. The molecule has 0 saturated heterocycles. The number of carbonyl (C=O) groups is 1. The van der Waals surface area contributed by atoms with Gasteiger partial charge in [0, 0.05) is 6.04 Å². The monoisotopic (exact) mass is 199 g/mol. The summed E-state index contributed by atoms with van der Waals surface area (Å²) in [4.78, 5) is 13.3. The summed E-state index contributed by atoms with van der Waals surface area (Å²) in [7, 11) is 0. The number of aliphatic carboxylic acids is 1. The van der Waals surface area contributed by atoms with E-state index < -0.39 is 11.5 Å². The molecule has 0 aliphatic heterocycles. The van der Waals surface area contributed by atoms with Crippen molar-refractivity contribution in [3.63, 3.8) is 0 Å². The van der Waals surface area contributed by atoms with Crippen molar-refractivity contribution in [2.45, 2.75) is 58.0 Å². The highest BCUT2D eigenvalue weighted by molar-refractivity contribution is 5.77. The second-order valence-corrected chi connectivity index (χ2v) is 4.59. The molecule has 1 rings (SSSR count). The van der Waals surface area contributed by atoms with Crippen molar-refractivity contribution in [3.05, 3.63) is 0 Å². The van der Waals surface area contributed by atoms with E-state index in [-0.39, 0.29) is 0 Å². The minimum atomic E-state index is -0.718. The molecule has 0 aromatic rings. The van der Waals surface area contributed by atoms with Gasteiger partial charge in [0.15, 0.2) is 0 Å². The van der Waals surface area contributed by atoms with Gasteiger partial charge < -0.3 is 5.11 Å². The summed E-state index contributed by atoms with van der Waals surface area (Å²) in [5.41, 5.74) is -0.718. The molecule has 3 heteroatoms. The molecule has 0 aromatic heterocycles. The van der Waals surface area contributed by atoms with Gasteiger partial charge in [0.1, 0.15) is 5.54 Å². The van der Waals surface area contributed by atoms with Gasteiger partial charge in [-0.3, -0.25) is 9.69 Å². The van der Waals surface area contributed by atoms with Crippen molar-refractivity contribution in [3.8, 4) is 0 Å². The Morgan fingerprint density at radius 2 is 1.93 bits per heavy atom. The van der Waals surface area contributed by atoms with Crippen LogP contribution in [0.4, 0.5) is 0 Å². The lowest BCUT2D eigenvalue weighted by Crippen LogP contribution is -2.53. The zero-order valence-corrected chi connectivity index (χ0v) is 9.42. The van der Waals surface area contributed by atoms with E-state index in [1.165, 1.54) is 12.8 Å². The number of hydrogen-bond donors (Lipinski definition) is 1. The maximum Gasteiger partial charge on any atom is 0.323 e. The molecule has 1 aliphatic rings. The van der Waals surface area contributed by atoms with Crippen LogP contribution in [0.3, 0.4) is 0 Å². The van der Waals surface area contributed by atoms with Gasteiger partial charge >= 0.3 is 5.97 Å². The average Bonchev–Trinajstić information content (AvgIpc) is 2.57. The topological polar surface area (TPSA) is 40.5 Å². The van der Waals surface area contributed by atoms with Gasteiger partial charge in [0.25, 0.3) is 0 Å². The van der Waals surface area contributed by atoms with E-state index in [2.05, 4.69) is 4.90 Å². The van der Waals surface area contributed by atoms with Crippen LogP contribution in [-0.2, 0) is 4.79 Å². The smallest absolute Gasteiger partial charge is 0.323 e. The largest absolute Gasteiger partial charge is 0.480 e. The van der Waals surface area contributed by atoms with Gasteiger partial charge in [-0.15, -0.1) is 0 Å². The fourth-order valence-electron chi connectivity index (χ4n) is 2.45. The number of nitrogens with zero attached hydrogens (tertiary/aromatic N) is 1. The van der Waals surface area contributed by atoms with Crippen molar-refractivity contribution < 1.29 is 9.90 Å². The molecule has 1 saturated carbocycles. The van der Waals surface area contributed by atoms with Gasteiger partial charge in [-0.2, -0.15) is 0 Å². The fraction of sp³-hybridized carbons (Fsp3) is 0.909. The van der Waals surface area contributed by atoms with Gasteiger partial charge in [-0.05, 0) is 33.2 Å². The van der Waals surface area contributed by atoms with E-state index in [0.29, 0.717) is 6.04 Å². The van der Waals surface area contributed by atoms with E-state index in [1.807, 2.05) is 6.92 Å². The average molecular weight is 199 g/mol. The van der Waals surface area contributed by atoms with E-state index in [0.717, 1.165) is 19.4 Å². The molecule has 14 heavy (non-hydrogen) atoms.